The lowest BCUT2D eigenvalue weighted by Crippen LogP contribution is -2.35. The Kier molecular flexibility index (Phi) is 5.03. The van der Waals surface area contributed by atoms with Crippen LogP contribution in [0.2, 0.25) is 0 Å². The number of hydrogen-bond acceptors (Lipinski definition) is 4. The number of rotatable bonds is 5. The topological polar surface area (TPSA) is 94.3 Å². The Bertz CT molecular complexity index is 989. The maximum atomic E-state index is 12.1. The summed E-state index contributed by atoms with van der Waals surface area (Å²) < 4.78 is 24.0. The minimum Gasteiger partial charge on any atom is -0.361 e. The molecule has 138 valence electrons. The summed E-state index contributed by atoms with van der Waals surface area (Å²) in [7, 11) is -1.50. The average Bonchev–Trinajstić information content (AvgIpc) is 3.07. The van der Waals surface area contributed by atoms with E-state index in [4.69, 9.17) is 0 Å². The van der Waals surface area contributed by atoms with E-state index in [9.17, 15) is 13.2 Å². The molecule has 0 radical (unpaired) electrons. The number of fused-ring (bicyclic) bond motifs is 1. The largest absolute Gasteiger partial charge is 0.361 e. The van der Waals surface area contributed by atoms with Crippen molar-refractivity contribution in [1.29, 1.82) is 0 Å². The Balaban J connectivity index is 1.59. The second-order valence-corrected chi connectivity index (χ2v) is 8.40. The highest BCUT2D eigenvalue weighted by atomic mass is 32.2. The maximum absolute atomic E-state index is 12.1. The number of carbonyl (C=O) groups excluding carboxylic acids is 1. The molecule has 8 heteroatoms. The second kappa shape index (κ2) is 7.25. The van der Waals surface area contributed by atoms with Crippen LogP contribution in [0.15, 0.2) is 53.2 Å². The van der Waals surface area contributed by atoms with E-state index < -0.39 is 9.84 Å². The fraction of sp³-hybridized carbons (Fsp3) is 0.278. The van der Waals surface area contributed by atoms with Crippen LogP contribution >= 0.6 is 0 Å². The number of urea groups is 1. The van der Waals surface area contributed by atoms with E-state index in [1.54, 1.807) is 31.0 Å². The molecule has 1 aromatic carbocycles. The predicted molar refractivity (Wildman–Crippen MR) is 104 cm³/mol. The van der Waals surface area contributed by atoms with Gasteiger partial charge in [-0.3, -0.25) is 0 Å². The minimum atomic E-state index is -3.24. The Labute approximate surface area is 152 Å². The van der Waals surface area contributed by atoms with E-state index in [-0.39, 0.29) is 11.8 Å². The Morgan fingerprint density at radius 1 is 1.27 bits per heavy atom. The number of H-pyrrole nitrogens is 1. The van der Waals surface area contributed by atoms with Crippen molar-refractivity contribution >= 4 is 32.5 Å². The predicted octanol–water partition coefficient (Wildman–Crippen LogP) is 2.44. The molecule has 0 bridgehead atoms. The fourth-order valence-electron chi connectivity index (χ4n) is 2.86. The van der Waals surface area contributed by atoms with E-state index in [2.05, 4.69) is 15.6 Å². The van der Waals surface area contributed by atoms with Crippen molar-refractivity contribution in [2.24, 2.45) is 0 Å². The van der Waals surface area contributed by atoms with Gasteiger partial charge >= 0.3 is 6.03 Å². The number of likely N-dealkylation sites (N-methyl/N-ethyl adjacent to an activating group) is 1. The van der Waals surface area contributed by atoms with Gasteiger partial charge in [-0.1, -0.05) is 13.0 Å². The van der Waals surface area contributed by atoms with Gasteiger partial charge in [0.2, 0.25) is 0 Å². The Morgan fingerprint density at radius 2 is 2.08 bits per heavy atom. The smallest absolute Gasteiger partial charge is 0.319 e. The SMILES string of the molecule is CCS(=O)(=O)C1=CC=C(CNC(=O)Nc2ccc3[nH]ccc3c2)CN1C. The molecule has 3 N–H and O–H groups in total. The quantitative estimate of drug-likeness (QED) is 0.749. The van der Waals surface area contributed by atoms with Crippen LogP contribution in [0.25, 0.3) is 10.9 Å². The number of amides is 2. The van der Waals surface area contributed by atoms with Crippen molar-refractivity contribution in [3.05, 3.63) is 53.2 Å². The summed E-state index contributed by atoms with van der Waals surface area (Å²) in [6.45, 7) is 2.43. The van der Waals surface area contributed by atoms with Crippen LogP contribution in [0.5, 0.6) is 0 Å². The summed E-state index contributed by atoms with van der Waals surface area (Å²) in [5, 5.41) is 6.94. The molecule has 0 saturated heterocycles. The molecule has 0 saturated carbocycles. The van der Waals surface area contributed by atoms with Gasteiger partial charge in [0.1, 0.15) is 5.03 Å². The monoisotopic (exact) mass is 374 g/mol. The van der Waals surface area contributed by atoms with Crippen LogP contribution in [0.3, 0.4) is 0 Å². The summed E-state index contributed by atoms with van der Waals surface area (Å²) in [5.74, 6) is 0.0679. The lowest BCUT2D eigenvalue weighted by atomic mass is 10.2. The molecule has 0 spiro atoms. The number of nitrogens with zero attached hydrogens (tertiary/aromatic N) is 1. The molecule has 1 aliphatic heterocycles. The first kappa shape index (κ1) is 18.1. The zero-order valence-corrected chi connectivity index (χ0v) is 15.6. The van der Waals surface area contributed by atoms with Gasteiger partial charge in [0.05, 0.1) is 5.75 Å². The third kappa shape index (κ3) is 3.91. The van der Waals surface area contributed by atoms with E-state index in [1.165, 1.54) is 0 Å². The first-order chi connectivity index (χ1) is 12.4. The number of nitrogens with one attached hydrogen (secondary N) is 3. The van der Waals surface area contributed by atoms with Gasteiger partial charge in [-0.05, 0) is 35.9 Å². The van der Waals surface area contributed by atoms with Crippen molar-refractivity contribution in [1.82, 2.24) is 15.2 Å². The molecule has 2 heterocycles. The van der Waals surface area contributed by atoms with Crippen molar-refractivity contribution in [2.45, 2.75) is 6.92 Å². The van der Waals surface area contributed by atoms with Gasteiger partial charge in [0.25, 0.3) is 0 Å². The zero-order chi connectivity index (χ0) is 18.7. The van der Waals surface area contributed by atoms with Crippen molar-refractivity contribution in [2.75, 3.05) is 31.2 Å². The van der Waals surface area contributed by atoms with Crippen LogP contribution in [0.1, 0.15) is 6.92 Å². The standard InChI is InChI=1S/C18H22N4O3S/c1-3-26(24,25)17-7-4-13(12-22(17)2)11-20-18(23)21-15-5-6-16-14(10-15)8-9-19-16/h4-10,19H,3,11-12H2,1-2H3,(H2,20,21,23). The number of sulfone groups is 1. The molecular weight excluding hydrogens is 352 g/mol. The van der Waals surface area contributed by atoms with Gasteiger partial charge in [-0.2, -0.15) is 0 Å². The van der Waals surface area contributed by atoms with Gasteiger partial charge in [-0.15, -0.1) is 0 Å². The van der Waals surface area contributed by atoms with Crippen LogP contribution < -0.4 is 10.6 Å². The van der Waals surface area contributed by atoms with E-state index >= 15 is 0 Å². The van der Waals surface area contributed by atoms with Crippen molar-refractivity contribution < 1.29 is 13.2 Å². The molecular formula is C18H22N4O3S. The maximum Gasteiger partial charge on any atom is 0.319 e. The highest BCUT2D eigenvalue weighted by molar-refractivity contribution is 7.95. The molecule has 0 atom stereocenters. The number of allylic oxidation sites excluding steroid dienone is 2. The van der Waals surface area contributed by atoms with Crippen LogP contribution in [-0.2, 0) is 9.84 Å². The molecule has 1 aromatic heterocycles. The first-order valence-electron chi connectivity index (χ1n) is 8.34. The van der Waals surface area contributed by atoms with Crippen molar-refractivity contribution in [3.8, 4) is 0 Å². The lowest BCUT2D eigenvalue weighted by molar-refractivity contribution is 0.252. The molecule has 0 aliphatic carbocycles. The summed E-state index contributed by atoms with van der Waals surface area (Å²) >= 11 is 0. The molecule has 1 aliphatic rings. The fourth-order valence-corrected chi connectivity index (χ4v) is 3.97. The van der Waals surface area contributed by atoms with E-state index in [0.29, 0.717) is 23.8 Å². The number of carbonyl (C=O) groups is 1. The summed E-state index contributed by atoms with van der Waals surface area (Å²) in [4.78, 5) is 16.9. The number of anilines is 1. The molecule has 2 amide bonds. The summed E-state index contributed by atoms with van der Waals surface area (Å²) in [6.07, 6.45) is 5.20. The van der Waals surface area contributed by atoms with E-state index in [0.717, 1.165) is 16.5 Å². The Morgan fingerprint density at radius 3 is 2.81 bits per heavy atom. The molecule has 2 aromatic rings. The van der Waals surface area contributed by atoms with Crippen LogP contribution in [-0.4, -0.2) is 50.2 Å². The molecule has 3 rings (SSSR count). The number of aromatic amines is 1. The Hall–Kier alpha value is -2.74. The van der Waals surface area contributed by atoms with Gasteiger partial charge in [0.15, 0.2) is 9.84 Å². The highest BCUT2D eigenvalue weighted by Crippen LogP contribution is 2.19. The van der Waals surface area contributed by atoms with Crippen molar-refractivity contribution in [3.63, 3.8) is 0 Å². The van der Waals surface area contributed by atoms with Crippen LogP contribution in [0, 0.1) is 0 Å². The summed E-state index contributed by atoms with van der Waals surface area (Å²) in [5.41, 5.74) is 2.65. The molecule has 0 fully saturated rings. The highest BCUT2D eigenvalue weighted by Gasteiger charge is 2.22. The van der Waals surface area contributed by atoms with Gasteiger partial charge in [0, 0.05) is 42.9 Å². The number of aromatic nitrogens is 1. The molecule has 7 nitrogen and oxygen atoms in total. The summed E-state index contributed by atoms with van der Waals surface area (Å²) in [6, 6.07) is 7.26. The molecule has 0 unspecified atom stereocenters. The second-order valence-electron chi connectivity index (χ2n) is 6.18. The van der Waals surface area contributed by atoms with E-state index in [1.807, 2.05) is 30.5 Å². The van der Waals surface area contributed by atoms with Gasteiger partial charge in [-0.25, -0.2) is 13.2 Å². The average molecular weight is 374 g/mol. The minimum absolute atomic E-state index is 0.0679. The zero-order valence-electron chi connectivity index (χ0n) is 14.7. The normalized spacial score (nSPS) is 14.8. The van der Waals surface area contributed by atoms with Gasteiger partial charge < -0.3 is 20.5 Å². The molecule has 26 heavy (non-hydrogen) atoms. The number of hydrogen-bond donors (Lipinski definition) is 3. The number of benzene rings is 1. The third-order valence-corrected chi connectivity index (χ3v) is 6.11. The van der Waals surface area contributed by atoms with Crippen LogP contribution in [0.4, 0.5) is 10.5 Å². The first-order valence-corrected chi connectivity index (χ1v) is 10.00. The third-order valence-electron chi connectivity index (χ3n) is 4.26. The lowest BCUT2D eigenvalue weighted by Gasteiger charge is -2.26.